The molecule has 0 aliphatic heterocycles. The quantitative estimate of drug-likeness (QED) is 0.144. The Hall–Kier alpha value is -6.71. The Morgan fingerprint density at radius 1 is 0.300 bits per heavy atom. The van der Waals surface area contributed by atoms with Gasteiger partial charge >= 0.3 is 0 Å². The van der Waals surface area contributed by atoms with Crippen molar-refractivity contribution in [2.24, 2.45) is 0 Å². The lowest BCUT2D eigenvalue weighted by atomic mass is 9.89. The molecule has 3 heteroatoms. The average Bonchev–Trinajstić information content (AvgIpc) is 3.18. The van der Waals surface area contributed by atoms with Crippen molar-refractivity contribution in [3.8, 4) is 33.6 Å². The number of pyridine rings is 3. The monoisotopic (exact) mass is 633 g/mol. The summed E-state index contributed by atoms with van der Waals surface area (Å²) in [4.78, 5) is 15.4. The van der Waals surface area contributed by atoms with Crippen LogP contribution in [0.15, 0.2) is 164 Å². The number of hydrogen-bond donors (Lipinski definition) is 0. The van der Waals surface area contributed by atoms with Crippen LogP contribution in [0.5, 0.6) is 0 Å². The zero-order valence-corrected chi connectivity index (χ0v) is 26.9. The Bertz CT molecular complexity index is 3140. The van der Waals surface area contributed by atoms with E-state index in [0.29, 0.717) is 0 Å². The Kier molecular flexibility index (Phi) is 5.67. The van der Waals surface area contributed by atoms with Crippen molar-refractivity contribution >= 4 is 75.9 Å². The maximum atomic E-state index is 5.28. The predicted molar refractivity (Wildman–Crippen MR) is 210 cm³/mol. The summed E-state index contributed by atoms with van der Waals surface area (Å²) >= 11 is 0. The summed E-state index contributed by atoms with van der Waals surface area (Å²) < 4.78 is 0. The predicted octanol–water partition coefficient (Wildman–Crippen LogP) is 12.4. The molecule has 3 heterocycles. The van der Waals surface area contributed by atoms with Crippen LogP contribution in [-0.2, 0) is 0 Å². The first kappa shape index (κ1) is 27.3. The van der Waals surface area contributed by atoms with Crippen LogP contribution < -0.4 is 0 Å². The highest BCUT2D eigenvalue weighted by molar-refractivity contribution is 6.25. The molecule has 0 aliphatic carbocycles. The molecule has 230 valence electrons. The minimum atomic E-state index is 0.904. The lowest BCUT2D eigenvalue weighted by Gasteiger charge is -2.15. The number of fused-ring (bicyclic) bond motifs is 5. The van der Waals surface area contributed by atoms with Crippen LogP contribution in [0.4, 0.5) is 0 Å². The molecule has 50 heavy (non-hydrogen) atoms. The molecular formula is C47H27N3. The molecule has 8 aromatic carbocycles. The molecule has 0 bridgehead atoms. The van der Waals surface area contributed by atoms with Crippen LogP contribution >= 0.6 is 0 Å². The summed E-state index contributed by atoms with van der Waals surface area (Å²) in [5.74, 6) is 0. The number of rotatable bonds is 3. The van der Waals surface area contributed by atoms with E-state index in [1.165, 1.54) is 43.4 Å². The summed E-state index contributed by atoms with van der Waals surface area (Å²) in [6.07, 6.45) is 0. The van der Waals surface area contributed by atoms with Gasteiger partial charge in [-0.2, -0.15) is 0 Å². The Labute approximate surface area is 287 Å². The number of aromatic nitrogens is 3. The van der Waals surface area contributed by atoms with Crippen molar-refractivity contribution in [2.75, 3.05) is 0 Å². The zero-order valence-electron chi connectivity index (χ0n) is 26.9. The molecule has 3 nitrogen and oxygen atoms in total. The van der Waals surface area contributed by atoms with Gasteiger partial charge in [0.05, 0.1) is 33.5 Å². The highest BCUT2D eigenvalue weighted by Crippen LogP contribution is 2.40. The zero-order chi connectivity index (χ0) is 32.8. The van der Waals surface area contributed by atoms with Crippen LogP contribution in [0.2, 0.25) is 0 Å². The molecule has 3 aromatic heterocycles. The van der Waals surface area contributed by atoms with E-state index in [1.54, 1.807) is 0 Å². The summed E-state index contributed by atoms with van der Waals surface area (Å²) in [6, 6.07) is 58.6. The van der Waals surface area contributed by atoms with E-state index in [-0.39, 0.29) is 0 Å². The van der Waals surface area contributed by atoms with Gasteiger partial charge in [-0.15, -0.1) is 0 Å². The standard InChI is InChI=1S/C47H27N3/c1-2-10-40-34(5-1)26-37-27-36(19-24-43(37)48-40)42-23-18-32-14-13-31-17-22-41(49-46(31)47(32)50-42)35-9-4-8-33(25-35)38-20-15-30-12-11-28-6-3-7-29-16-21-39(38)45(30)44(28)29/h1-27H. The van der Waals surface area contributed by atoms with Crippen LogP contribution in [0, 0.1) is 0 Å². The Morgan fingerprint density at radius 2 is 0.880 bits per heavy atom. The van der Waals surface area contributed by atoms with Crippen LogP contribution in [0.25, 0.3) is 110 Å². The van der Waals surface area contributed by atoms with Gasteiger partial charge < -0.3 is 0 Å². The van der Waals surface area contributed by atoms with Crippen molar-refractivity contribution in [3.05, 3.63) is 164 Å². The molecule has 11 rings (SSSR count). The highest BCUT2D eigenvalue weighted by Gasteiger charge is 2.14. The first-order valence-electron chi connectivity index (χ1n) is 17.0. The lowest BCUT2D eigenvalue weighted by molar-refractivity contribution is 1.37. The molecule has 0 spiro atoms. The van der Waals surface area contributed by atoms with E-state index in [0.717, 1.165) is 66.1 Å². The van der Waals surface area contributed by atoms with E-state index < -0.39 is 0 Å². The molecule has 0 radical (unpaired) electrons. The largest absolute Gasteiger partial charge is 0.248 e. The van der Waals surface area contributed by atoms with Gasteiger partial charge in [0.2, 0.25) is 0 Å². The molecule has 0 atom stereocenters. The van der Waals surface area contributed by atoms with E-state index >= 15 is 0 Å². The number of benzene rings is 8. The third kappa shape index (κ3) is 4.14. The first-order chi connectivity index (χ1) is 24.7. The van der Waals surface area contributed by atoms with Crippen LogP contribution in [0.1, 0.15) is 0 Å². The molecule has 0 saturated carbocycles. The average molecular weight is 634 g/mol. The topological polar surface area (TPSA) is 38.7 Å². The van der Waals surface area contributed by atoms with Crippen LogP contribution in [-0.4, -0.2) is 15.0 Å². The summed E-state index contributed by atoms with van der Waals surface area (Å²) in [7, 11) is 0. The fourth-order valence-corrected chi connectivity index (χ4v) is 7.86. The van der Waals surface area contributed by atoms with Crippen molar-refractivity contribution in [3.63, 3.8) is 0 Å². The molecule has 0 unspecified atom stereocenters. The maximum absolute atomic E-state index is 5.28. The van der Waals surface area contributed by atoms with Crippen LogP contribution in [0.3, 0.4) is 0 Å². The lowest BCUT2D eigenvalue weighted by Crippen LogP contribution is -1.92. The van der Waals surface area contributed by atoms with E-state index in [1.807, 2.05) is 6.07 Å². The Balaban J connectivity index is 1.03. The summed E-state index contributed by atoms with van der Waals surface area (Å²) in [5.41, 5.74) is 10.2. The number of hydrogen-bond acceptors (Lipinski definition) is 3. The van der Waals surface area contributed by atoms with Gasteiger partial charge in [-0.25, -0.2) is 15.0 Å². The second kappa shape index (κ2) is 10.4. The SMILES string of the molecule is c1cc(-c2ccc3ccc4ccc(-c5ccc6nc7ccccc7cc6c5)nc4c3n2)cc(-c2ccc3ccc4cccc5ccc2c3c45)c1. The molecule has 0 N–H and O–H groups in total. The minimum Gasteiger partial charge on any atom is -0.248 e. The third-order valence-corrected chi connectivity index (χ3v) is 10.3. The highest BCUT2D eigenvalue weighted by atomic mass is 14.8. The molecule has 0 saturated heterocycles. The Morgan fingerprint density at radius 3 is 1.68 bits per heavy atom. The molecule has 0 amide bonds. The second-order valence-electron chi connectivity index (χ2n) is 13.2. The van der Waals surface area contributed by atoms with E-state index in [9.17, 15) is 0 Å². The maximum Gasteiger partial charge on any atom is 0.0972 e. The molecular weight excluding hydrogens is 607 g/mol. The minimum absolute atomic E-state index is 0.904. The van der Waals surface area contributed by atoms with Crippen molar-refractivity contribution < 1.29 is 0 Å². The normalized spacial score (nSPS) is 12.0. The van der Waals surface area contributed by atoms with Gasteiger partial charge in [0.1, 0.15) is 0 Å². The van der Waals surface area contributed by atoms with E-state index in [4.69, 9.17) is 15.0 Å². The summed E-state index contributed by atoms with van der Waals surface area (Å²) in [6.45, 7) is 0. The van der Waals surface area contributed by atoms with Gasteiger partial charge in [-0.3, -0.25) is 0 Å². The van der Waals surface area contributed by atoms with Crippen molar-refractivity contribution in [1.29, 1.82) is 0 Å². The van der Waals surface area contributed by atoms with E-state index in [2.05, 4.69) is 158 Å². The van der Waals surface area contributed by atoms with Crippen molar-refractivity contribution in [1.82, 2.24) is 15.0 Å². The number of para-hydroxylation sites is 1. The van der Waals surface area contributed by atoms with Gasteiger partial charge in [0.25, 0.3) is 0 Å². The van der Waals surface area contributed by atoms with Gasteiger partial charge in [0.15, 0.2) is 0 Å². The number of nitrogens with zero attached hydrogens (tertiary/aromatic N) is 3. The van der Waals surface area contributed by atoms with Gasteiger partial charge in [-0.1, -0.05) is 121 Å². The molecule has 0 fully saturated rings. The summed E-state index contributed by atoms with van der Waals surface area (Å²) in [5, 5.41) is 12.2. The second-order valence-corrected chi connectivity index (χ2v) is 13.2. The van der Waals surface area contributed by atoms with Crippen molar-refractivity contribution in [2.45, 2.75) is 0 Å². The van der Waals surface area contributed by atoms with Gasteiger partial charge in [0, 0.05) is 32.7 Å². The third-order valence-electron chi connectivity index (χ3n) is 10.3. The smallest absolute Gasteiger partial charge is 0.0972 e. The first-order valence-corrected chi connectivity index (χ1v) is 17.0. The molecule has 0 aliphatic rings. The van der Waals surface area contributed by atoms with Gasteiger partial charge in [-0.05, 0) is 85.9 Å². The molecule has 11 aromatic rings. The fourth-order valence-electron chi connectivity index (χ4n) is 7.86. The fraction of sp³-hybridized carbons (Fsp3) is 0.